The molecule has 0 radical (unpaired) electrons. The maximum absolute atomic E-state index is 6.11. The van der Waals surface area contributed by atoms with Crippen molar-refractivity contribution in [1.29, 1.82) is 0 Å². The Morgan fingerprint density at radius 1 is 1.41 bits per heavy atom. The monoisotopic (exact) mass is 285 g/mol. The van der Waals surface area contributed by atoms with Gasteiger partial charge in [0.15, 0.2) is 0 Å². The van der Waals surface area contributed by atoms with Crippen molar-refractivity contribution in [3.63, 3.8) is 0 Å². The van der Waals surface area contributed by atoms with Crippen molar-refractivity contribution in [3.8, 4) is 5.69 Å². The summed E-state index contributed by atoms with van der Waals surface area (Å²) in [6, 6.07) is 5.19. The van der Waals surface area contributed by atoms with Gasteiger partial charge in [0.2, 0.25) is 0 Å². The van der Waals surface area contributed by atoms with Crippen LogP contribution >= 0.6 is 35.4 Å². The topological polar surface area (TPSA) is 43.8 Å². The van der Waals surface area contributed by atoms with E-state index in [0.717, 1.165) is 11.3 Å². The lowest BCUT2D eigenvalue weighted by molar-refractivity contribution is 0.847. The van der Waals surface area contributed by atoms with Gasteiger partial charge in [-0.25, -0.2) is 4.68 Å². The van der Waals surface area contributed by atoms with Gasteiger partial charge in [0.25, 0.3) is 0 Å². The van der Waals surface area contributed by atoms with Gasteiger partial charge in [-0.15, -0.1) is 0 Å². The molecule has 1 aromatic carbocycles. The number of nitrogens with zero attached hydrogens (tertiary/aromatic N) is 2. The van der Waals surface area contributed by atoms with Crippen LogP contribution in [0.3, 0.4) is 0 Å². The molecule has 88 valence electrons. The van der Waals surface area contributed by atoms with Crippen molar-refractivity contribution in [1.82, 2.24) is 9.78 Å². The Labute approximate surface area is 114 Å². The molecule has 0 unspecified atom stereocenters. The predicted octanol–water partition coefficient (Wildman–Crippen LogP) is 3.12. The van der Waals surface area contributed by atoms with Crippen molar-refractivity contribution in [2.24, 2.45) is 5.73 Å². The van der Waals surface area contributed by atoms with E-state index in [9.17, 15) is 0 Å². The molecule has 2 N–H and O–H groups in total. The first-order valence-electron chi connectivity index (χ1n) is 4.80. The highest BCUT2D eigenvalue weighted by molar-refractivity contribution is 7.80. The van der Waals surface area contributed by atoms with Gasteiger partial charge in [-0.1, -0.05) is 35.4 Å². The molecule has 0 atom stereocenters. The molecule has 2 aromatic rings. The maximum Gasteiger partial charge on any atom is 0.107 e. The summed E-state index contributed by atoms with van der Waals surface area (Å²) < 4.78 is 1.67. The Morgan fingerprint density at radius 3 is 2.71 bits per heavy atom. The van der Waals surface area contributed by atoms with Crippen molar-refractivity contribution >= 4 is 40.4 Å². The van der Waals surface area contributed by atoms with E-state index in [-0.39, 0.29) is 0 Å². The number of halogens is 2. The maximum atomic E-state index is 6.11. The average Bonchev–Trinajstić information content (AvgIpc) is 2.64. The molecule has 0 aliphatic heterocycles. The number of hydrogen-bond donors (Lipinski definition) is 1. The van der Waals surface area contributed by atoms with E-state index >= 15 is 0 Å². The number of nitrogens with two attached hydrogens (primary N) is 1. The summed E-state index contributed by atoms with van der Waals surface area (Å²) in [4.78, 5) is 0.312. The minimum Gasteiger partial charge on any atom is -0.389 e. The van der Waals surface area contributed by atoms with Crippen LogP contribution in [0.4, 0.5) is 0 Å². The Hall–Kier alpha value is -1.10. The van der Waals surface area contributed by atoms with Crippen LogP contribution in [0.25, 0.3) is 5.69 Å². The molecular weight excluding hydrogens is 277 g/mol. The van der Waals surface area contributed by atoms with Crippen LogP contribution in [-0.4, -0.2) is 14.8 Å². The molecule has 0 spiro atoms. The second-order valence-electron chi connectivity index (χ2n) is 3.52. The summed E-state index contributed by atoms with van der Waals surface area (Å²) in [7, 11) is 0. The van der Waals surface area contributed by atoms with Crippen molar-refractivity contribution in [3.05, 3.63) is 45.7 Å². The van der Waals surface area contributed by atoms with Crippen LogP contribution in [-0.2, 0) is 0 Å². The fraction of sp³-hybridized carbons (Fsp3) is 0.0909. The first kappa shape index (κ1) is 12.4. The molecule has 17 heavy (non-hydrogen) atoms. The number of rotatable bonds is 2. The molecular formula is C11H9Cl2N3S. The molecule has 2 rings (SSSR count). The van der Waals surface area contributed by atoms with Gasteiger partial charge in [-0.05, 0) is 25.1 Å². The van der Waals surface area contributed by atoms with E-state index in [0.29, 0.717) is 20.7 Å². The molecule has 0 saturated carbocycles. The fourth-order valence-electron chi connectivity index (χ4n) is 1.54. The lowest BCUT2D eigenvalue weighted by Crippen LogP contribution is -2.10. The van der Waals surface area contributed by atoms with Crippen molar-refractivity contribution in [2.45, 2.75) is 6.92 Å². The highest BCUT2D eigenvalue weighted by atomic mass is 35.5. The van der Waals surface area contributed by atoms with E-state index in [4.69, 9.17) is 41.2 Å². The largest absolute Gasteiger partial charge is 0.389 e. The fourth-order valence-corrected chi connectivity index (χ4v) is 2.11. The summed E-state index contributed by atoms with van der Waals surface area (Å²) in [6.07, 6.45) is 1.62. The summed E-state index contributed by atoms with van der Waals surface area (Å²) in [5, 5.41) is 5.37. The highest BCUT2D eigenvalue weighted by Crippen LogP contribution is 2.25. The third-order valence-corrected chi connectivity index (χ3v) is 3.19. The van der Waals surface area contributed by atoms with Crippen molar-refractivity contribution in [2.75, 3.05) is 0 Å². The number of aromatic nitrogens is 2. The summed E-state index contributed by atoms with van der Waals surface area (Å²) in [6.45, 7) is 1.87. The minimum absolute atomic E-state index is 0.312. The Kier molecular flexibility index (Phi) is 3.38. The Morgan fingerprint density at radius 2 is 2.12 bits per heavy atom. The lowest BCUT2D eigenvalue weighted by Gasteiger charge is -2.07. The number of hydrogen-bond acceptors (Lipinski definition) is 2. The molecule has 1 heterocycles. The summed E-state index contributed by atoms with van der Waals surface area (Å²) in [5.74, 6) is 0. The molecule has 3 nitrogen and oxygen atoms in total. The van der Waals surface area contributed by atoms with Crippen molar-refractivity contribution < 1.29 is 0 Å². The Bertz CT molecular complexity index is 592. The van der Waals surface area contributed by atoms with E-state index in [1.165, 1.54) is 0 Å². The molecule has 0 fully saturated rings. The number of thiocarbonyl (C=S) groups is 1. The molecule has 1 aromatic heterocycles. The Balaban J connectivity index is 2.61. The molecule has 0 aliphatic rings. The van der Waals surface area contributed by atoms with Gasteiger partial charge < -0.3 is 5.73 Å². The SMILES string of the molecule is Cc1c(C(N)=S)cnn1-c1cc(Cl)ccc1Cl. The van der Waals surface area contributed by atoms with E-state index in [2.05, 4.69) is 5.10 Å². The molecule has 0 bridgehead atoms. The standard InChI is InChI=1S/C11H9Cl2N3S/c1-6-8(11(14)17)5-15-16(6)10-4-7(12)2-3-9(10)13/h2-5H,1H3,(H2,14,17). The van der Waals surface area contributed by atoms with Gasteiger partial charge in [0.05, 0.1) is 28.2 Å². The van der Waals surface area contributed by atoms with E-state index < -0.39 is 0 Å². The zero-order valence-corrected chi connectivity index (χ0v) is 11.3. The van der Waals surface area contributed by atoms with Gasteiger partial charge in [0, 0.05) is 5.02 Å². The van der Waals surface area contributed by atoms with Crippen LogP contribution in [0.15, 0.2) is 24.4 Å². The first-order valence-corrected chi connectivity index (χ1v) is 5.97. The van der Waals surface area contributed by atoms with E-state index in [1.54, 1.807) is 29.1 Å². The predicted molar refractivity (Wildman–Crippen MR) is 74.2 cm³/mol. The first-order chi connectivity index (χ1) is 8.00. The third kappa shape index (κ3) is 2.29. The second-order valence-corrected chi connectivity index (χ2v) is 4.80. The number of benzene rings is 1. The minimum atomic E-state index is 0.312. The van der Waals surface area contributed by atoms with Gasteiger partial charge in [-0.2, -0.15) is 5.10 Å². The highest BCUT2D eigenvalue weighted by Gasteiger charge is 2.12. The molecule has 0 saturated heterocycles. The summed E-state index contributed by atoms with van der Waals surface area (Å²) >= 11 is 17.0. The molecule has 0 amide bonds. The average molecular weight is 286 g/mol. The zero-order chi connectivity index (χ0) is 12.6. The van der Waals surface area contributed by atoms with Crippen LogP contribution in [0.5, 0.6) is 0 Å². The smallest absolute Gasteiger partial charge is 0.107 e. The van der Waals surface area contributed by atoms with Gasteiger partial charge in [0.1, 0.15) is 4.99 Å². The lowest BCUT2D eigenvalue weighted by atomic mass is 10.2. The quantitative estimate of drug-likeness (QED) is 0.863. The normalized spacial score (nSPS) is 10.5. The summed E-state index contributed by atoms with van der Waals surface area (Å²) in [5.41, 5.74) is 7.87. The molecule has 6 heteroatoms. The van der Waals surface area contributed by atoms with Crippen LogP contribution in [0.1, 0.15) is 11.3 Å². The second kappa shape index (κ2) is 4.64. The van der Waals surface area contributed by atoms with Crippen LogP contribution < -0.4 is 5.73 Å². The van der Waals surface area contributed by atoms with Gasteiger partial charge >= 0.3 is 0 Å². The van der Waals surface area contributed by atoms with E-state index in [1.807, 2.05) is 6.92 Å². The third-order valence-electron chi connectivity index (χ3n) is 2.41. The van der Waals surface area contributed by atoms with Crippen LogP contribution in [0, 0.1) is 6.92 Å². The zero-order valence-electron chi connectivity index (χ0n) is 8.95. The molecule has 0 aliphatic carbocycles. The van der Waals surface area contributed by atoms with Crippen LogP contribution in [0.2, 0.25) is 10.0 Å². The van der Waals surface area contributed by atoms with Gasteiger partial charge in [-0.3, -0.25) is 0 Å².